The van der Waals surface area contributed by atoms with Gasteiger partial charge in [0, 0.05) is 17.5 Å². The molecule has 24 heavy (non-hydrogen) atoms. The van der Waals surface area contributed by atoms with Crippen molar-refractivity contribution in [2.75, 3.05) is 11.9 Å². The first kappa shape index (κ1) is 16.7. The molecule has 2 aliphatic carbocycles. The van der Waals surface area contributed by atoms with Crippen molar-refractivity contribution in [3.63, 3.8) is 0 Å². The molecule has 1 N–H and O–H groups in total. The van der Waals surface area contributed by atoms with E-state index < -0.39 is 0 Å². The van der Waals surface area contributed by atoms with Crippen LogP contribution in [0, 0.1) is 24.7 Å². The number of carbonyl (C=O) groups excluding carboxylic acids is 3. The molecule has 5 nitrogen and oxygen atoms in total. The standard InChI is InChI=1S/C19H23NO4/c1-12-5-2-3-8-16(12)20-17(21)11-24-19(23)15-9-13-6-4-7-14(10-15)18(13)22/h2-3,5,8,13-15H,4,6-7,9-11H2,1H3,(H,20,21)/t13-,14-/m1/s1. The summed E-state index contributed by atoms with van der Waals surface area (Å²) in [6.45, 7) is 1.62. The number of para-hydroxylation sites is 1. The summed E-state index contributed by atoms with van der Waals surface area (Å²) in [7, 11) is 0. The Bertz CT molecular complexity index is 639. The van der Waals surface area contributed by atoms with Gasteiger partial charge in [0.15, 0.2) is 6.61 Å². The quantitative estimate of drug-likeness (QED) is 0.862. The predicted octanol–water partition coefficient (Wildman–Crippen LogP) is 2.87. The molecule has 2 atom stereocenters. The van der Waals surface area contributed by atoms with Crippen LogP contribution in [0.25, 0.3) is 0 Å². The second-order valence-electron chi connectivity index (χ2n) is 6.87. The molecule has 0 radical (unpaired) electrons. The molecule has 0 saturated heterocycles. The average molecular weight is 329 g/mol. The first-order chi connectivity index (χ1) is 11.5. The van der Waals surface area contributed by atoms with Crippen LogP contribution in [0.2, 0.25) is 0 Å². The Morgan fingerprint density at radius 2 is 1.83 bits per heavy atom. The summed E-state index contributed by atoms with van der Waals surface area (Å²) in [5.41, 5.74) is 1.67. The Hall–Kier alpha value is -2.17. The normalized spacial score (nSPS) is 25.9. The number of fused-ring (bicyclic) bond motifs is 2. The zero-order valence-corrected chi connectivity index (χ0v) is 13.9. The summed E-state index contributed by atoms with van der Waals surface area (Å²) in [4.78, 5) is 36.3. The van der Waals surface area contributed by atoms with Crippen LogP contribution in [0.15, 0.2) is 24.3 Å². The monoisotopic (exact) mass is 329 g/mol. The molecule has 2 saturated carbocycles. The van der Waals surface area contributed by atoms with E-state index in [2.05, 4.69) is 5.32 Å². The van der Waals surface area contributed by atoms with Gasteiger partial charge in [-0.05, 0) is 44.2 Å². The van der Waals surface area contributed by atoms with E-state index in [1.165, 1.54) is 0 Å². The minimum absolute atomic E-state index is 0.0100. The highest BCUT2D eigenvalue weighted by Gasteiger charge is 2.41. The maximum atomic E-state index is 12.2. The van der Waals surface area contributed by atoms with Gasteiger partial charge in [0.25, 0.3) is 5.91 Å². The predicted molar refractivity (Wildman–Crippen MR) is 89.3 cm³/mol. The Morgan fingerprint density at radius 3 is 2.50 bits per heavy atom. The minimum atomic E-state index is -0.348. The van der Waals surface area contributed by atoms with Crippen molar-refractivity contribution in [1.29, 1.82) is 0 Å². The lowest BCUT2D eigenvalue weighted by atomic mass is 9.67. The summed E-state index contributed by atoms with van der Waals surface area (Å²) >= 11 is 0. The van der Waals surface area contributed by atoms with Gasteiger partial charge in [0.05, 0.1) is 5.92 Å². The number of Topliss-reactive ketones (excluding diaryl/α,β-unsaturated/α-hetero) is 1. The fourth-order valence-electron chi connectivity index (χ4n) is 3.83. The van der Waals surface area contributed by atoms with Crippen LogP contribution >= 0.6 is 0 Å². The molecular weight excluding hydrogens is 306 g/mol. The van der Waals surface area contributed by atoms with E-state index in [9.17, 15) is 14.4 Å². The van der Waals surface area contributed by atoms with E-state index in [0.717, 1.165) is 30.5 Å². The Kier molecular flexibility index (Phi) is 4.97. The third-order valence-electron chi connectivity index (χ3n) is 5.15. The molecule has 0 aliphatic heterocycles. The zero-order chi connectivity index (χ0) is 17.1. The summed E-state index contributed by atoms with van der Waals surface area (Å²) in [5, 5.41) is 2.75. The van der Waals surface area contributed by atoms with Crippen molar-refractivity contribution in [2.45, 2.75) is 39.0 Å². The number of ketones is 1. The van der Waals surface area contributed by atoms with Crippen LogP contribution in [-0.4, -0.2) is 24.3 Å². The molecule has 0 unspecified atom stereocenters. The van der Waals surface area contributed by atoms with E-state index in [1.807, 2.05) is 31.2 Å². The van der Waals surface area contributed by atoms with E-state index in [0.29, 0.717) is 18.6 Å². The molecule has 1 aromatic carbocycles. The molecule has 0 heterocycles. The van der Waals surface area contributed by atoms with Crippen LogP contribution in [0.5, 0.6) is 0 Å². The van der Waals surface area contributed by atoms with Crippen LogP contribution in [0.1, 0.15) is 37.7 Å². The number of nitrogens with one attached hydrogen (secondary N) is 1. The molecular formula is C19H23NO4. The fraction of sp³-hybridized carbons (Fsp3) is 0.526. The van der Waals surface area contributed by atoms with Gasteiger partial charge in [-0.25, -0.2) is 0 Å². The van der Waals surface area contributed by atoms with Crippen molar-refractivity contribution < 1.29 is 19.1 Å². The lowest BCUT2D eigenvalue weighted by Crippen LogP contribution is -2.40. The summed E-state index contributed by atoms with van der Waals surface area (Å²) in [6, 6.07) is 7.45. The van der Waals surface area contributed by atoms with E-state index in [-0.39, 0.29) is 36.2 Å². The van der Waals surface area contributed by atoms with Crippen LogP contribution in [0.4, 0.5) is 5.69 Å². The second-order valence-corrected chi connectivity index (χ2v) is 6.87. The SMILES string of the molecule is Cc1ccccc1NC(=O)COC(=O)C1C[C@H]2CCC[C@H](C1)C2=O. The molecule has 0 spiro atoms. The van der Waals surface area contributed by atoms with Crippen LogP contribution in [-0.2, 0) is 19.1 Å². The highest BCUT2D eigenvalue weighted by molar-refractivity contribution is 5.94. The number of ether oxygens (including phenoxy) is 1. The van der Waals surface area contributed by atoms with Gasteiger partial charge >= 0.3 is 5.97 Å². The third kappa shape index (κ3) is 3.66. The number of benzene rings is 1. The topological polar surface area (TPSA) is 72.5 Å². The number of hydrogen-bond acceptors (Lipinski definition) is 4. The molecule has 2 fully saturated rings. The van der Waals surface area contributed by atoms with Gasteiger partial charge in [-0.1, -0.05) is 24.6 Å². The maximum absolute atomic E-state index is 12.2. The summed E-state index contributed by atoms with van der Waals surface area (Å²) < 4.78 is 5.19. The van der Waals surface area contributed by atoms with Crippen molar-refractivity contribution in [2.24, 2.45) is 17.8 Å². The second kappa shape index (κ2) is 7.16. The smallest absolute Gasteiger partial charge is 0.309 e. The highest BCUT2D eigenvalue weighted by atomic mass is 16.5. The summed E-state index contributed by atoms with van der Waals surface area (Å²) in [5.74, 6) is -0.595. The molecule has 0 aromatic heterocycles. The number of anilines is 1. The number of rotatable bonds is 4. The van der Waals surface area contributed by atoms with Crippen LogP contribution < -0.4 is 5.32 Å². The van der Waals surface area contributed by atoms with Gasteiger partial charge in [-0.3, -0.25) is 14.4 Å². The number of esters is 1. The minimum Gasteiger partial charge on any atom is -0.455 e. The largest absolute Gasteiger partial charge is 0.455 e. The van der Waals surface area contributed by atoms with Crippen molar-refractivity contribution >= 4 is 23.3 Å². The number of aryl methyl sites for hydroxylation is 1. The Morgan fingerprint density at radius 1 is 1.17 bits per heavy atom. The number of amides is 1. The first-order valence-corrected chi connectivity index (χ1v) is 8.60. The van der Waals surface area contributed by atoms with Gasteiger partial charge in [0.1, 0.15) is 5.78 Å². The van der Waals surface area contributed by atoms with Crippen molar-refractivity contribution in [1.82, 2.24) is 0 Å². The Labute approximate surface area is 141 Å². The lowest BCUT2D eigenvalue weighted by molar-refractivity contribution is -0.155. The highest BCUT2D eigenvalue weighted by Crippen LogP contribution is 2.40. The van der Waals surface area contributed by atoms with Gasteiger partial charge in [-0.15, -0.1) is 0 Å². The molecule has 1 amide bonds. The molecule has 128 valence electrons. The number of carbonyl (C=O) groups is 3. The van der Waals surface area contributed by atoms with Crippen molar-refractivity contribution in [3.8, 4) is 0 Å². The molecule has 2 aliphatic rings. The zero-order valence-electron chi connectivity index (χ0n) is 13.9. The lowest BCUT2D eigenvalue weighted by Gasteiger charge is -2.36. The van der Waals surface area contributed by atoms with Crippen molar-refractivity contribution in [3.05, 3.63) is 29.8 Å². The number of hydrogen-bond donors (Lipinski definition) is 1. The third-order valence-corrected chi connectivity index (χ3v) is 5.15. The molecule has 5 heteroatoms. The van der Waals surface area contributed by atoms with Gasteiger partial charge in [0.2, 0.25) is 0 Å². The van der Waals surface area contributed by atoms with E-state index in [4.69, 9.17) is 4.74 Å². The van der Waals surface area contributed by atoms with Gasteiger partial charge in [-0.2, -0.15) is 0 Å². The van der Waals surface area contributed by atoms with E-state index in [1.54, 1.807) is 0 Å². The Balaban J connectivity index is 1.50. The average Bonchev–Trinajstić information content (AvgIpc) is 2.54. The molecule has 3 rings (SSSR count). The fourth-order valence-corrected chi connectivity index (χ4v) is 3.83. The first-order valence-electron chi connectivity index (χ1n) is 8.60. The summed E-state index contributed by atoms with van der Waals surface area (Å²) in [6.07, 6.45) is 3.99. The molecule has 2 bridgehead atoms. The van der Waals surface area contributed by atoms with Crippen LogP contribution in [0.3, 0.4) is 0 Å². The molecule has 1 aromatic rings. The van der Waals surface area contributed by atoms with E-state index >= 15 is 0 Å². The maximum Gasteiger partial charge on any atom is 0.309 e. The van der Waals surface area contributed by atoms with Gasteiger partial charge < -0.3 is 10.1 Å².